The maximum atomic E-state index is 4.58. The smallest absolute Gasteiger partial charge is 0.0725 e. The zero-order chi connectivity index (χ0) is 13.0. The molecule has 0 radical (unpaired) electrons. The van der Waals surface area contributed by atoms with Gasteiger partial charge < -0.3 is 5.32 Å². The number of aromatic nitrogens is 1. The number of nitrogens with zero attached hydrogens (tertiary/aromatic N) is 1. The predicted molar refractivity (Wildman–Crippen MR) is 79.1 cm³/mol. The summed E-state index contributed by atoms with van der Waals surface area (Å²) >= 11 is 0. The van der Waals surface area contributed by atoms with E-state index in [-0.39, 0.29) is 0 Å². The van der Waals surface area contributed by atoms with Gasteiger partial charge in [-0.3, -0.25) is 4.98 Å². The topological polar surface area (TPSA) is 24.9 Å². The second-order valence-corrected chi connectivity index (χ2v) is 4.87. The SMILES string of the molecule is CCCC(CC)Nc1cc(C)nc2ccccc12. The van der Waals surface area contributed by atoms with E-state index in [1.165, 1.54) is 23.9 Å². The van der Waals surface area contributed by atoms with E-state index in [9.17, 15) is 0 Å². The molecule has 2 rings (SSSR count). The number of hydrogen-bond donors (Lipinski definition) is 1. The Morgan fingerprint density at radius 3 is 2.72 bits per heavy atom. The van der Waals surface area contributed by atoms with E-state index in [1.54, 1.807) is 0 Å². The fourth-order valence-corrected chi connectivity index (χ4v) is 2.37. The van der Waals surface area contributed by atoms with Crippen molar-refractivity contribution in [1.82, 2.24) is 4.98 Å². The molecule has 0 aliphatic carbocycles. The minimum Gasteiger partial charge on any atom is -0.382 e. The molecule has 0 saturated heterocycles. The molecular formula is C16H22N2. The maximum absolute atomic E-state index is 4.58. The summed E-state index contributed by atoms with van der Waals surface area (Å²) in [4.78, 5) is 4.58. The van der Waals surface area contributed by atoms with Gasteiger partial charge in [0.15, 0.2) is 0 Å². The zero-order valence-corrected chi connectivity index (χ0v) is 11.5. The molecule has 0 fully saturated rings. The Labute approximate surface area is 109 Å². The summed E-state index contributed by atoms with van der Waals surface area (Å²) in [5.41, 5.74) is 3.37. The second kappa shape index (κ2) is 5.85. The lowest BCUT2D eigenvalue weighted by Gasteiger charge is -2.19. The van der Waals surface area contributed by atoms with Crippen molar-refractivity contribution < 1.29 is 0 Å². The Morgan fingerprint density at radius 2 is 2.00 bits per heavy atom. The summed E-state index contributed by atoms with van der Waals surface area (Å²) in [6.45, 7) is 6.53. The number of nitrogens with one attached hydrogen (secondary N) is 1. The Bertz CT molecular complexity index is 519. The van der Waals surface area contributed by atoms with Crippen molar-refractivity contribution in [3.8, 4) is 0 Å². The third kappa shape index (κ3) is 2.81. The van der Waals surface area contributed by atoms with Gasteiger partial charge in [-0.25, -0.2) is 0 Å². The van der Waals surface area contributed by atoms with Crippen molar-refractivity contribution in [2.75, 3.05) is 5.32 Å². The molecule has 1 atom stereocenters. The van der Waals surface area contributed by atoms with E-state index >= 15 is 0 Å². The summed E-state index contributed by atoms with van der Waals surface area (Å²) in [5.74, 6) is 0. The lowest BCUT2D eigenvalue weighted by molar-refractivity contribution is 0.623. The predicted octanol–water partition coefficient (Wildman–Crippen LogP) is 4.53. The number of hydrogen-bond acceptors (Lipinski definition) is 2. The third-order valence-electron chi connectivity index (χ3n) is 3.33. The number of rotatable bonds is 5. The highest BCUT2D eigenvalue weighted by Crippen LogP contribution is 2.24. The van der Waals surface area contributed by atoms with Crippen molar-refractivity contribution in [2.45, 2.75) is 46.1 Å². The highest BCUT2D eigenvalue weighted by molar-refractivity contribution is 5.91. The van der Waals surface area contributed by atoms with Crippen LogP contribution in [0.1, 0.15) is 38.8 Å². The van der Waals surface area contributed by atoms with Gasteiger partial charge in [0, 0.05) is 22.8 Å². The number of anilines is 1. The minimum absolute atomic E-state index is 0.556. The van der Waals surface area contributed by atoms with Crippen LogP contribution in [0.5, 0.6) is 0 Å². The van der Waals surface area contributed by atoms with Crippen LogP contribution < -0.4 is 5.32 Å². The molecule has 1 aromatic carbocycles. The highest BCUT2D eigenvalue weighted by atomic mass is 14.9. The zero-order valence-electron chi connectivity index (χ0n) is 11.5. The quantitative estimate of drug-likeness (QED) is 0.833. The highest BCUT2D eigenvalue weighted by Gasteiger charge is 2.08. The van der Waals surface area contributed by atoms with Crippen molar-refractivity contribution in [3.63, 3.8) is 0 Å². The van der Waals surface area contributed by atoms with Crippen molar-refractivity contribution in [1.29, 1.82) is 0 Å². The van der Waals surface area contributed by atoms with Crippen LogP contribution in [0.25, 0.3) is 10.9 Å². The Balaban J connectivity index is 2.37. The molecule has 0 aliphatic rings. The molecule has 2 heteroatoms. The number of aryl methyl sites for hydroxylation is 1. The summed E-state index contributed by atoms with van der Waals surface area (Å²) in [5, 5.41) is 4.89. The molecule has 0 spiro atoms. The van der Waals surface area contributed by atoms with Crippen molar-refractivity contribution >= 4 is 16.6 Å². The van der Waals surface area contributed by atoms with Crippen LogP contribution in [-0.4, -0.2) is 11.0 Å². The van der Waals surface area contributed by atoms with Crippen LogP contribution in [0.2, 0.25) is 0 Å². The number of fused-ring (bicyclic) bond motifs is 1. The molecule has 1 heterocycles. The van der Waals surface area contributed by atoms with Gasteiger partial charge in [-0.05, 0) is 31.9 Å². The summed E-state index contributed by atoms with van der Waals surface area (Å²) in [6.07, 6.45) is 3.59. The van der Waals surface area contributed by atoms with Crippen LogP contribution in [0, 0.1) is 6.92 Å². The van der Waals surface area contributed by atoms with Gasteiger partial charge in [-0.1, -0.05) is 38.5 Å². The fourth-order valence-electron chi connectivity index (χ4n) is 2.37. The molecule has 0 bridgehead atoms. The van der Waals surface area contributed by atoms with E-state index in [4.69, 9.17) is 0 Å². The lowest BCUT2D eigenvalue weighted by atomic mass is 10.1. The van der Waals surface area contributed by atoms with E-state index in [2.05, 4.69) is 55.3 Å². The Kier molecular flexibility index (Phi) is 4.19. The van der Waals surface area contributed by atoms with Crippen molar-refractivity contribution in [2.24, 2.45) is 0 Å². The van der Waals surface area contributed by atoms with Crippen LogP contribution in [0.15, 0.2) is 30.3 Å². The molecule has 18 heavy (non-hydrogen) atoms. The van der Waals surface area contributed by atoms with E-state index < -0.39 is 0 Å². The molecule has 1 N–H and O–H groups in total. The van der Waals surface area contributed by atoms with Gasteiger partial charge in [0.05, 0.1) is 5.52 Å². The first-order valence-corrected chi connectivity index (χ1v) is 6.87. The average Bonchev–Trinajstić information content (AvgIpc) is 2.38. The molecule has 1 unspecified atom stereocenters. The molecular weight excluding hydrogens is 220 g/mol. The standard InChI is InChI=1S/C16H22N2/c1-4-8-13(5-2)18-16-11-12(3)17-15-10-7-6-9-14(15)16/h6-7,9-11,13H,4-5,8H2,1-3H3,(H,17,18). The van der Waals surface area contributed by atoms with Crippen LogP contribution in [0.4, 0.5) is 5.69 Å². The summed E-state index contributed by atoms with van der Waals surface area (Å²) < 4.78 is 0. The van der Waals surface area contributed by atoms with Gasteiger partial charge in [0.25, 0.3) is 0 Å². The van der Waals surface area contributed by atoms with E-state index in [0.29, 0.717) is 6.04 Å². The fraction of sp³-hybridized carbons (Fsp3) is 0.438. The van der Waals surface area contributed by atoms with E-state index in [0.717, 1.165) is 17.6 Å². The first-order valence-electron chi connectivity index (χ1n) is 6.87. The maximum Gasteiger partial charge on any atom is 0.0725 e. The van der Waals surface area contributed by atoms with Gasteiger partial charge >= 0.3 is 0 Å². The van der Waals surface area contributed by atoms with Crippen LogP contribution >= 0.6 is 0 Å². The number of pyridine rings is 1. The average molecular weight is 242 g/mol. The normalized spacial score (nSPS) is 12.6. The number of benzene rings is 1. The molecule has 0 amide bonds. The molecule has 0 aliphatic heterocycles. The summed E-state index contributed by atoms with van der Waals surface area (Å²) in [6, 6.07) is 11.0. The first kappa shape index (κ1) is 12.9. The summed E-state index contributed by atoms with van der Waals surface area (Å²) in [7, 11) is 0. The Morgan fingerprint density at radius 1 is 1.22 bits per heavy atom. The largest absolute Gasteiger partial charge is 0.382 e. The Hall–Kier alpha value is -1.57. The van der Waals surface area contributed by atoms with Gasteiger partial charge in [0.2, 0.25) is 0 Å². The minimum atomic E-state index is 0.556. The monoisotopic (exact) mass is 242 g/mol. The molecule has 96 valence electrons. The molecule has 2 aromatic rings. The molecule has 2 nitrogen and oxygen atoms in total. The van der Waals surface area contributed by atoms with Gasteiger partial charge in [0.1, 0.15) is 0 Å². The second-order valence-electron chi connectivity index (χ2n) is 4.87. The number of para-hydroxylation sites is 1. The molecule has 1 aromatic heterocycles. The van der Waals surface area contributed by atoms with Crippen molar-refractivity contribution in [3.05, 3.63) is 36.0 Å². The van der Waals surface area contributed by atoms with E-state index in [1.807, 2.05) is 6.07 Å². The molecule has 0 saturated carbocycles. The van der Waals surface area contributed by atoms with Gasteiger partial charge in [-0.15, -0.1) is 0 Å². The van der Waals surface area contributed by atoms with Gasteiger partial charge in [-0.2, -0.15) is 0 Å². The third-order valence-corrected chi connectivity index (χ3v) is 3.33. The van der Waals surface area contributed by atoms with Crippen LogP contribution in [-0.2, 0) is 0 Å². The van der Waals surface area contributed by atoms with Crippen LogP contribution in [0.3, 0.4) is 0 Å². The lowest BCUT2D eigenvalue weighted by Crippen LogP contribution is -2.18. The first-order chi connectivity index (χ1) is 8.74.